The van der Waals surface area contributed by atoms with Crippen molar-refractivity contribution >= 4 is 11.8 Å². The number of fused-ring (bicyclic) bond motifs is 1. The molecule has 0 aliphatic heterocycles. The maximum absolute atomic E-state index is 9.49. The lowest BCUT2D eigenvalue weighted by atomic mass is 9.82. The SMILES string of the molecule is CCCCSC[C@@H]1CCc2cc([C@H]3CC[C@](N)(CO)C3)ccc2C1. The molecule has 2 aliphatic rings. The Morgan fingerprint density at radius 1 is 1.29 bits per heavy atom. The third-order valence-electron chi connectivity index (χ3n) is 5.99. The van der Waals surface area contributed by atoms with Crippen LogP contribution in [0.3, 0.4) is 0 Å². The molecule has 3 heteroatoms. The zero-order valence-electron chi connectivity index (χ0n) is 15.1. The van der Waals surface area contributed by atoms with Crippen LogP contribution in [0.1, 0.15) is 68.1 Å². The molecule has 0 unspecified atom stereocenters. The number of rotatable bonds is 7. The van der Waals surface area contributed by atoms with E-state index in [0.717, 1.165) is 25.2 Å². The predicted molar refractivity (Wildman–Crippen MR) is 105 cm³/mol. The average Bonchev–Trinajstić information content (AvgIpc) is 3.01. The number of thioether (sulfide) groups is 1. The Hall–Kier alpha value is -0.510. The van der Waals surface area contributed by atoms with Crippen LogP contribution in [-0.2, 0) is 12.8 Å². The van der Waals surface area contributed by atoms with E-state index in [-0.39, 0.29) is 12.1 Å². The van der Waals surface area contributed by atoms with Crippen LogP contribution in [0.4, 0.5) is 0 Å². The van der Waals surface area contributed by atoms with Crippen molar-refractivity contribution in [3.63, 3.8) is 0 Å². The summed E-state index contributed by atoms with van der Waals surface area (Å²) in [6.07, 6.45) is 9.51. The first kappa shape index (κ1) is 18.3. The molecule has 2 aliphatic carbocycles. The molecule has 0 spiro atoms. The smallest absolute Gasteiger partial charge is 0.0611 e. The fraction of sp³-hybridized carbons (Fsp3) is 0.714. The summed E-state index contributed by atoms with van der Waals surface area (Å²) < 4.78 is 0. The van der Waals surface area contributed by atoms with Gasteiger partial charge in [-0.05, 0) is 85.0 Å². The van der Waals surface area contributed by atoms with Crippen molar-refractivity contribution in [2.45, 2.75) is 69.7 Å². The van der Waals surface area contributed by atoms with Gasteiger partial charge in [0.15, 0.2) is 0 Å². The number of aliphatic hydroxyl groups is 1. The van der Waals surface area contributed by atoms with E-state index in [1.54, 1.807) is 11.1 Å². The summed E-state index contributed by atoms with van der Waals surface area (Å²) in [5.74, 6) is 4.06. The van der Waals surface area contributed by atoms with E-state index < -0.39 is 0 Å². The molecule has 3 rings (SSSR count). The molecule has 1 aromatic rings. The highest BCUT2D eigenvalue weighted by molar-refractivity contribution is 7.99. The van der Waals surface area contributed by atoms with Gasteiger partial charge in [0.25, 0.3) is 0 Å². The molecule has 0 saturated heterocycles. The minimum Gasteiger partial charge on any atom is -0.394 e. The monoisotopic (exact) mass is 347 g/mol. The zero-order chi connectivity index (χ0) is 17.0. The maximum atomic E-state index is 9.49. The number of hydrogen-bond donors (Lipinski definition) is 2. The summed E-state index contributed by atoms with van der Waals surface area (Å²) in [6.45, 7) is 2.39. The Labute approximate surface area is 151 Å². The molecule has 1 fully saturated rings. The highest BCUT2D eigenvalue weighted by Gasteiger charge is 2.36. The highest BCUT2D eigenvalue weighted by Crippen LogP contribution is 2.40. The van der Waals surface area contributed by atoms with Gasteiger partial charge in [-0.3, -0.25) is 0 Å². The Balaban J connectivity index is 1.58. The lowest BCUT2D eigenvalue weighted by molar-refractivity contribution is 0.198. The Morgan fingerprint density at radius 2 is 2.17 bits per heavy atom. The van der Waals surface area contributed by atoms with Crippen LogP contribution in [0.2, 0.25) is 0 Å². The summed E-state index contributed by atoms with van der Waals surface area (Å²) in [7, 11) is 0. The number of aliphatic hydroxyl groups excluding tert-OH is 1. The normalized spacial score (nSPS) is 29.6. The molecular formula is C21H33NOS. The second-order valence-electron chi connectivity index (χ2n) is 8.03. The second-order valence-corrected chi connectivity index (χ2v) is 9.18. The zero-order valence-corrected chi connectivity index (χ0v) is 15.9. The van der Waals surface area contributed by atoms with Crippen LogP contribution >= 0.6 is 11.8 Å². The van der Waals surface area contributed by atoms with Gasteiger partial charge in [-0.15, -0.1) is 0 Å². The van der Waals surface area contributed by atoms with Gasteiger partial charge in [0, 0.05) is 5.54 Å². The molecule has 134 valence electrons. The van der Waals surface area contributed by atoms with Gasteiger partial charge >= 0.3 is 0 Å². The Kier molecular flexibility index (Phi) is 6.28. The first-order valence-corrected chi connectivity index (χ1v) is 10.9. The third-order valence-corrected chi connectivity index (χ3v) is 7.27. The van der Waals surface area contributed by atoms with Gasteiger partial charge < -0.3 is 10.8 Å². The molecule has 0 aromatic heterocycles. The predicted octanol–water partition coefficient (Wildman–Crippen LogP) is 4.28. The fourth-order valence-corrected chi connectivity index (χ4v) is 5.60. The molecule has 0 bridgehead atoms. The lowest BCUT2D eigenvalue weighted by Crippen LogP contribution is -2.40. The average molecular weight is 348 g/mol. The molecule has 0 heterocycles. The third kappa shape index (κ3) is 4.36. The van der Waals surface area contributed by atoms with Crippen molar-refractivity contribution in [2.24, 2.45) is 11.7 Å². The molecule has 0 amide bonds. The van der Waals surface area contributed by atoms with Gasteiger partial charge in [-0.2, -0.15) is 11.8 Å². The van der Waals surface area contributed by atoms with E-state index in [1.807, 2.05) is 0 Å². The molecule has 24 heavy (non-hydrogen) atoms. The number of unbranched alkanes of at least 4 members (excludes halogenated alkanes) is 1. The molecule has 3 N–H and O–H groups in total. The summed E-state index contributed by atoms with van der Waals surface area (Å²) in [5, 5.41) is 9.49. The quantitative estimate of drug-likeness (QED) is 0.724. The summed E-state index contributed by atoms with van der Waals surface area (Å²) in [4.78, 5) is 0. The van der Waals surface area contributed by atoms with Crippen molar-refractivity contribution < 1.29 is 5.11 Å². The minimum atomic E-state index is -0.346. The van der Waals surface area contributed by atoms with Gasteiger partial charge in [-0.1, -0.05) is 31.5 Å². The molecular weight excluding hydrogens is 314 g/mol. The van der Waals surface area contributed by atoms with Crippen molar-refractivity contribution in [2.75, 3.05) is 18.1 Å². The van der Waals surface area contributed by atoms with E-state index >= 15 is 0 Å². The fourth-order valence-electron chi connectivity index (χ4n) is 4.33. The van der Waals surface area contributed by atoms with E-state index in [4.69, 9.17) is 5.73 Å². The minimum absolute atomic E-state index is 0.117. The van der Waals surface area contributed by atoms with Crippen LogP contribution in [-0.4, -0.2) is 28.8 Å². The van der Waals surface area contributed by atoms with Gasteiger partial charge in [0.1, 0.15) is 0 Å². The molecule has 1 saturated carbocycles. The molecule has 2 nitrogen and oxygen atoms in total. The number of hydrogen-bond acceptors (Lipinski definition) is 3. The van der Waals surface area contributed by atoms with Crippen LogP contribution in [0.5, 0.6) is 0 Å². The van der Waals surface area contributed by atoms with Crippen molar-refractivity contribution in [3.8, 4) is 0 Å². The Morgan fingerprint density at radius 3 is 2.92 bits per heavy atom. The van der Waals surface area contributed by atoms with Crippen molar-refractivity contribution in [1.82, 2.24) is 0 Å². The first-order chi connectivity index (χ1) is 11.6. The summed E-state index contributed by atoms with van der Waals surface area (Å²) >= 11 is 2.15. The van der Waals surface area contributed by atoms with Crippen LogP contribution in [0.15, 0.2) is 18.2 Å². The first-order valence-electron chi connectivity index (χ1n) is 9.73. The number of nitrogens with two attached hydrogens (primary N) is 1. The van der Waals surface area contributed by atoms with E-state index in [1.165, 1.54) is 49.2 Å². The van der Waals surface area contributed by atoms with Crippen LogP contribution in [0, 0.1) is 5.92 Å². The topological polar surface area (TPSA) is 46.2 Å². The Bertz CT molecular complexity index is 547. The second kappa shape index (κ2) is 8.25. The maximum Gasteiger partial charge on any atom is 0.0611 e. The highest BCUT2D eigenvalue weighted by atomic mass is 32.2. The van der Waals surface area contributed by atoms with Gasteiger partial charge in [0.2, 0.25) is 0 Å². The van der Waals surface area contributed by atoms with Crippen molar-refractivity contribution in [3.05, 3.63) is 34.9 Å². The van der Waals surface area contributed by atoms with Gasteiger partial charge in [0.05, 0.1) is 6.61 Å². The van der Waals surface area contributed by atoms with E-state index in [9.17, 15) is 5.11 Å². The summed E-state index contributed by atoms with van der Waals surface area (Å²) in [6, 6.07) is 7.16. The lowest BCUT2D eigenvalue weighted by Gasteiger charge is -2.26. The van der Waals surface area contributed by atoms with E-state index in [0.29, 0.717) is 5.92 Å². The molecule has 0 radical (unpaired) electrons. The van der Waals surface area contributed by atoms with Crippen LogP contribution < -0.4 is 5.73 Å². The number of aryl methyl sites for hydroxylation is 1. The molecule has 1 aromatic carbocycles. The van der Waals surface area contributed by atoms with E-state index in [2.05, 4.69) is 36.9 Å². The van der Waals surface area contributed by atoms with Crippen LogP contribution in [0.25, 0.3) is 0 Å². The largest absolute Gasteiger partial charge is 0.394 e. The number of benzene rings is 1. The van der Waals surface area contributed by atoms with Gasteiger partial charge in [-0.25, -0.2) is 0 Å². The molecule has 3 atom stereocenters. The summed E-state index contributed by atoms with van der Waals surface area (Å²) in [5.41, 5.74) is 10.5. The standard InChI is InChI=1S/C21H33NOS/c1-2-3-10-24-14-16-4-5-18-12-19(7-6-17(18)11-16)20-8-9-21(22,13-20)15-23/h6-7,12,16,20,23H,2-5,8-11,13-15,22H2,1H3/t16-,20+,21-/m1/s1. The van der Waals surface area contributed by atoms with Crippen molar-refractivity contribution in [1.29, 1.82) is 0 Å².